The van der Waals surface area contributed by atoms with Gasteiger partial charge in [0.05, 0.1) is 11.0 Å². The van der Waals surface area contributed by atoms with Gasteiger partial charge < -0.3 is 15.7 Å². The number of benzene rings is 2. The lowest BCUT2D eigenvalue weighted by molar-refractivity contribution is -0.384. The Hall–Kier alpha value is -3.47. The fourth-order valence-corrected chi connectivity index (χ4v) is 3.20. The Morgan fingerprint density at radius 3 is 2.21 bits per heavy atom. The zero-order valence-electron chi connectivity index (χ0n) is 14.5. The largest absolute Gasteiger partial charge is 0.437 e. The van der Waals surface area contributed by atoms with Gasteiger partial charge in [0.2, 0.25) is 5.72 Å². The van der Waals surface area contributed by atoms with E-state index in [4.69, 9.17) is 0 Å². The van der Waals surface area contributed by atoms with Gasteiger partial charge in [-0.3, -0.25) is 14.9 Å². The number of nitro groups is 1. The van der Waals surface area contributed by atoms with E-state index in [9.17, 15) is 38.0 Å². The van der Waals surface area contributed by atoms with E-state index in [0.717, 1.165) is 24.3 Å². The molecule has 0 aliphatic carbocycles. The zero-order chi connectivity index (χ0) is 21.4. The zero-order valence-corrected chi connectivity index (χ0v) is 14.5. The summed E-state index contributed by atoms with van der Waals surface area (Å²) >= 11 is 0. The molecule has 3 rings (SSSR count). The van der Waals surface area contributed by atoms with E-state index in [1.54, 1.807) is 6.07 Å². The summed E-state index contributed by atoms with van der Waals surface area (Å²) in [5.74, 6) is -3.26. The van der Waals surface area contributed by atoms with Crippen LogP contribution in [0.1, 0.15) is 22.0 Å². The number of halogens is 3. The predicted molar refractivity (Wildman–Crippen MR) is 92.8 cm³/mol. The van der Waals surface area contributed by atoms with Gasteiger partial charge in [0.15, 0.2) is 5.78 Å². The highest BCUT2D eigenvalue weighted by Crippen LogP contribution is 2.44. The molecule has 1 fully saturated rings. The van der Waals surface area contributed by atoms with Gasteiger partial charge in [-0.15, -0.1) is 0 Å². The third-order valence-electron chi connectivity index (χ3n) is 4.61. The van der Waals surface area contributed by atoms with Crippen LogP contribution in [0.15, 0.2) is 54.6 Å². The number of aliphatic hydroxyl groups is 1. The number of hydrogen-bond donors (Lipinski definition) is 3. The van der Waals surface area contributed by atoms with Crippen molar-refractivity contribution < 1.29 is 32.8 Å². The summed E-state index contributed by atoms with van der Waals surface area (Å²) in [6, 6.07) is 8.36. The van der Waals surface area contributed by atoms with Gasteiger partial charge in [-0.25, -0.2) is 4.79 Å². The number of carbonyl (C=O) groups is 2. The Kier molecular flexibility index (Phi) is 5.01. The van der Waals surface area contributed by atoms with Crippen molar-refractivity contribution in [3.63, 3.8) is 0 Å². The minimum absolute atomic E-state index is 0.0117. The maximum atomic E-state index is 13.8. The number of amides is 2. The van der Waals surface area contributed by atoms with Crippen molar-refractivity contribution >= 4 is 17.5 Å². The number of nitrogens with one attached hydrogen (secondary N) is 2. The first-order valence-electron chi connectivity index (χ1n) is 8.26. The average molecular weight is 409 g/mol. The lowest BCUT2D eigenvalue weighted by atomic mass is 9.77. The summed E-state index contributed by atoms with van der Waals surface area (Å²) in [5.41, 5.74) is -4.30. The summed E-state index contributed by atoms with van der Waals surface area (Å²) in [6.45, 7) is 0. The van der Waals surface area contributed by atoms with E-state index in [0.29, 0.717) is 0 Å². The van der Waals surface area contributed by atoms with Gasteiger partial charge in [-0.2, -0.15) is 13.2 Å². The van der Waals surface area contributed by atoms with Crippen LogP contribution in [0, 0.1) is 16.0 Å². The van der Waals surface area contributed by atoms with E-state index in [1.807, 2.05) is 0 Å². The molecule has 2 amide bonds. The van der Waals surface area contributed by atoms with E-state index >= 15 is 0 Å². The van der Waals surface area contributed by atoms with Gasteiger partial charge in [0.1, 0.15) is 5.92 Å². The number of nitro benzene ring substituents is 1. The molecule has 0 spiro atoms. The summed E-state index contributed by atoms with van der Waals surface area (Å²) in [6.07, 6.45) is -5.38. The lowest BCUT2D eigenvalue weighted by Gasteiger charge is -2.45. The minimum atomic E-state index is -5.38. The van der Waals surface area contributed by atoms with Crippen LogP contribution in [0.5, 0.6) is 0 Å². The predicted octanol–water partition coefficient (Wildman–Crippen LogP) is 2.70. The van der Waals surface area contributed by atoms with Crippen molar-refractivity contribution in [2.24, 2.45) is 5.92 Å². The molecule has 0 radical (unpaired) electrons. The molecule has 1 aliphatic rings. The molecule has 1 saturated heterocycles. The topological polar surface area (TPSA) is 122 Å². The second-order valence-corrected chi connectivity index (χ2v) is 6.40. The number of carbonyl (C=O) groups excluding carboxylic acids is 2. The van der Waals surface area contributed by atoms with Crippen LogP contribution < -0.4 is 10.6 Å². The number of nitrogens with zero attached hydrogens (tertiary/aromatic N) is 1. The minimum Gasteiger partial charge on any atom is -0.363 e. The van der Waals surface area contributed by atoms with E-state index in [-0.39, 0.29) is 16.8 Å². The molecule has 2 aromatic carbocycles. The number of non-ortho nitro benzene ring substituents is 1. The van der Waals surface area contributed by atoms with Gasteiger partial charge in [-0.05, 0) is 5.56 Å². The molecule has 1 aliphatic heterocycles. The van der Waals surface area contributed by atoms with Crippen LogP contribution in [0.4, 0.5) is 23.7 Å². The highest BCUT2D eigenvalue weighted by atomic mass is 19.4. The Balaban J connectivity index is 2.14. The van der Waals surface area contributed by atoms with Crippen molar-refractivity contribution in [2.75, 3.05) is 0 Å². The maximum absolute atomic E-state index is 13.8. The molecular weight excluding hydrogens is 395 g/mol. The Morgan fingerprint density at radius 2 is 1.69 bits per heavy atom. The Labute approximate surface area is 161 Å². The fraction of sp³-hybridized carbons (Fsp3) is 0.222. The van der Waals surface area contributed by atoms with Crippen molar-refractivity contribution in [3.8, 4) is 0 Å². The number of ketones is 1. The molecule has 2 aromatic rings. The Bertz CT molecular complexity index is 949. The standard InChI is InChI=1S/C18H14F3N3O5/c19-18(20,21)17(27)13(15(25)11-4-2-1-3-5-11)14(22-16(26)23-17)10-6-8-12(9-7-10)24(28)29/h1-9,13-14,27H,(H2,22,23,26)/t13-,14+,17-/m1/s1. The molecule has 8 nitrogen and oxygen atoms in total. The number of rotatable bonds is 4. The third kappa shape index (κ3) is 3.63. The molecule has 152 valence electrons. The van der Waals surface area contributed by atoms with Crippen LogP contribution >= 0.6 is 0 Å². The van der Waals surface area contributed by atoms with Crippen LogP contribution in [0.2, 0.25) is 0 Å². The number of urea groups is 1. The molecule has 0 bridgehead atoms. The first kappa shape index (κ1) is 20.3. The first-order valence-corrected chi connectivity index (χ1v) is 8.26. The van der Waals surface area contributed by atoms with Gasteiger partial charge in [0, 0.05) is 17.7 Å². The highest BCUT2D eigenvalue weighted by molar-refractivity contribution is 6.00. The molecule has 29 heavy (non-hydrogen) atoms. The van der Waals surface area contributed by atoms with E-state index < -0.39 is 40.6 Å². The molecule has 0 unspecified atom stereocenters. The Morgan fingerprint density at radius 1 is 1.10 bits per heavy atom. The van der Waals surface area contributed by atoms with Crippen LogP contribution in [-0.2, 0) is 0 Å². The molecule has 3 N–H and O–H groups in total. The van der Waals surface area contributed by atoms with Crippen LogP contribution in [-0.4, -0.2) is 33.7 Å². The average Bonchev–Trinajstić information content (AvgIpc) is 2.67. The number of alkyl halides is 3. The van der Waals surface area contributed by atoms with E-state index in [2.05, 4.69) is 5.32 Å². The number of hydrogen-bond acceptors (Lipinski definition) is 5. The van der Waals surface area contributed by atoms with Crippen molar-refractivity contribution in [2.45, 2.75) is 17.9 Å². The summed E-state index contributed by atoms with van der Waals surface area (Å²) < 4.78 is 41.3. The third-order valence-corrected chi connectivity index (χ3v) is 4.61. The summed E-state index contributed by atoms with van der Waals surface area (Å²) in [5, 5.41) is 24.9. The van der Waals surface area contributed by atoms with Gasteiger partial charge in [0.25, 0.3) is 5.69 Å². The molecule has 0 aromatic heterocycles. The highest BCUT2D eigenvalue weighted by Gasteiger charge is 2.66. The first-order chi connectivity index (χ1) is 13.5. The molecule has 0 saturated carbocycles. The summed E-state index contributed by atoms with van der Waals surface area (Å²) in [4.78, 5) is 35.0. The van der Waals surface area contributed by atoms with Crippen molar-refractivity contribution in [1.29, 1.82) is 0 Å². The second kappa shape index (κ2) is 7.17. The van der Waals surface area contributed by atoms with E-state index in [1.165, 1.54) is 29.6 Å². The van der Waals surface area contributed by atoms with Crippen LogP contribution in [0.3, 0.4) is 0 Å². The van der Waals surface area contributed by atoms with Gasteiger partial charge in [-0.1, -0.05) is 42.5 Å². The van der Waals surface area contributed by atoms with Crippen molar-refractivity contribution in [3.05, 3.63) is 75.8 Å². The molecule has 11 heteroatoms. The second-order valence-electron chi connectivity index (χ2n) is 6.40. The lowest BCUT2D eigenvalue weighted by Crippen LogP contribution is -2.72. The molecule has 1 heterocycles. The monoisotopic (exact) mass is 409 g/mol. The smallest absolute Gasteiger partial charge is 0.363 e. The maximum Gasteiger partial charge on any atom is 0.437 e. The molecule has 3 atom stereocenters. The number of Topliss-reactive ketones (excluding diaryl/α,β-unsaturated/α-hetero) is 1. The SMILES string of the molecule is O=C1N[C@@H](c2ccc([N+](=O)[O-])cc2)[C@H](C(=O)c2ccccc2)[C@@](O)(C(F)(F)F)N1. The van der Waals surface area contributed by atoms with Gasteiger partial charge >= 0.3 is 12.2 Å². The summed E-state index contributed by atoms with van der Waals surface area (Å²) in [7, 11) is 0. The normalized spacial score (nSPS) is 24.3. The molecular formula is C18H14F3N3O5. The van der Waals surface area contributed by atoms with Crippen LogP contribution in [0.25, 0.3) is 0 Å². The van der Waals surface area contributed by atoms with Crippen molar-refractivity contribution in [1.82, 2.24) is 10.6 Å². The fourth-order valence-electron chi connectivity index (χ4n) is 3.20. The quantitative estimate of drug-likeness (QED) is 0.407.